The van der Waals surface area contributed by atoms with Gasteiger partial charge < -0.3 is 21.5 Å². The van der Waals surface area contributed by atoms with Crippen molar-refractivity contribution in [3.05, 3.63) is 35.5 Å². The maximum atomic E-state index is 11.2. The third-order valence-corrected chi connectivity index (χ3v) is 2.57. The number of nitrogens with two attached hydrogens (primary N) is 2. The maximum absolute atomic E-state index is 11.2. The van der Waals surface area contributed by atoms with Gasteiger partial charge in [-0.2, -0.15) is 0 Å². The Bertz CT molecular complexity index is 535. The molecule has 0 aliphatic carbocycles. The van der Waals surface area contributed by atoms with E-state index in [1.54, 1.807) is 14.2 Å². The van der Waals surface area contributed by atoms with Crippen LogP contribution in [0.15, 0.2) is 35.0 Å². The Balaban J connectivity index is 3.01. The van der Waals surface area contributed by atoms with Gasteiger partial charge in [0.2, 0.25) is 0 Å². The van der Waals surface area contributed by atoms with E-state index in [1.165, 1.54) is 0 Å². The molecule has 0 atom stereocenters. The lowest BCUT2D eigenvalue weighted by Crippen LogP contribution is -2.27. The van der Waals surface area contributed by atoms with E-state index in [2.05, 4.69) is 10.3 Å². The second-order valence-electron chi connectivity index (χ2n) is 3.83. The second kappa shape index (κ2) is 6.44. The largest absolute Gasteiger partial charge is 0.496 e. The van der Waals surface area contributed by atoms with Gasteiger partial charge in [-0.3, -0.25) is 9.79 Å². The lowest BCUT2D eigenvalue weighted by molar-refractivity contribution is -0.114. The molecule has 0 aromatic heterocycles. The van der Waals surface area contributed by atoms with Crippen molar-refractivity contribution in [2.45, 2.75) is 6.92 Å². The van der Waals surface area contributed by atoms with E-state index in [-0.39, 0.29) is 5.57 Å². The summed E-state index contributed by atoms with van der Waals surface area (Å²) in [4.78, 5) is 15.2. The number of carbonyl (C=O) groups excluding carboxylic acids is 1. The van der Waals surface area contributed by atoms with Crippen molar-refractivity contribution in [1.29, 1.82) is 0 Å². The number of amidine groups is 1. The van der Waals surface area contributed by atoms with Crippen LogP contribution in [0.1, 0.15) is 5.56 Å². The first-order chi connectivity index (χ1) is 9.03. The van der Waals surface area contributed by atoms with Gasteiger partial charge in [-0.15, -0.1) is 0 Å². The summed E-state index contributed by atoms with van der Waals surface area (Å²) in [5.74, 6) is 0.463. The van der Waals surface area contributed by atoms with Gasteiger partial charge in [0.05, 0.1) is 12.7 Å². The molecule has 1 aromatic rings. The number of benzene rings is 1. The Morgan fingerprint density at radius 3 is 2.58 bits per heavy atom. The summed E-state index contributed by atoms with van der Waals surface area (Å²) in [5, 5.41) is 3.00. The first-order valence-corrected chi connectivity index (χ1v) is 5.64. The van der Waals surface area contributed by atoms with E-state index in [0.29, 0.717) is 5.84 Å². The molecule has 0 heterocycles. The van der Waals surface area contributed by atoms with E-state index >= 15 is 0 Å². The highest BCUT2D eigenvalue weighted by Gasteiger charge is 2.12. The summed E-state index contributed by atoms with van der Waals surface area (Å²) in [5.41, 5.74) is 12.5. The zero-order valence-corrected chi connectivity index (χ0v) is 11.2. The summed E-state index contributed by atoms with van der Waals surface area (Å²) in [7, 11) is 3.15. The van der Waals surface area contributed by atoms with Crippen molar-refractivity contribution in [3.63, 3.8) is 0 Å². The molecular weight excluding hydrogens is 244 g/mol. The minimum atomic E-state index is -0.638. The van der Waals surface area contributed by atoms with Crippen LogP contribution in [-0.4, -0.2) is 25.9 Å². The van der Waals surface area contributed by atoms with Crippen molar-refractivity contribution in [3.8, 4) is 5.75 Å². The number of carbonyl (C=O) groups is 1. The molecule has 0 saturated heterocycles. The third-order valence-electron chi connectivity index (χ3n) is 2.57. The molecular formula is C13H18N4O2. The molecule has 0 aliphatic rings. The van der Waals surface area contributed by atoms with Crippen molar-refractivity contribution in [2.24, 2.45) is 16.5 Å². The van der Waals surface area contributed by atoms with E-state index < -0.39 is 5.91 Å². The molecule has 0 spiro atoms. The summed E-state index contributed by atoms with van der Waals surface area (Å²) in [6, 6.07) is 5.51. The van der Waals surface area contributed by atoms with E-state index in [1.807, 2.05) is 25.1 Å². The van der Waals surface area contributed by atoms with Gasteiger partial charge in [0.1, 0.15) is 11.6 Å². The van der Waals surface area contributed by atoms with Gasteiger partial charge in [0.25, 0.3) is 5.91 Å². The number of nitrogens with zero attached hydrogens (tertiary/aromatic N) is 1. The molecule has 5 N–H and O–H groups in total. The number of primary amides is 1. The molecule has 6 heteroatoms. The summed E-state index contributed by atoms with van der Waals surface area (Å²) in [6.45, 7) is 1.92. The summed E-state index contributed by atoms with van der Waals surface area (Å²) >= 11 is 0. The van der Waals surface area contributed by atoms with Crippen LogP contribution in [0.25, 0.3) is 0 Å². The van der Waals surface area contributed by atoms with Crippen LogP contribution in [0, 0.1) is 6.92 Å². The highest BCUT2D eigenvalue weighted by Crippen LogP contribution is 2.21. The highest BCUT2D eigenvalue weighted by molar-refractivity contribution is 6.24. The molecule has 0 unspecified atom stereocenters. The number of methoxy groups -OCH3 is 1. The molecule has 0 saturated carbocycles. The Morgan fingerprint density at radius 1 is 1.47 bits per heavy atom. The van der Waals surface area contributed by atoms with Crippen LogP contribution in [0.2, 0.25) is 0 Å². The molecule has 1 amide bonds. The van der Waals surface area contributed by atoms with Gasteiger partial charge in [-0.25, -0.2) is 0 Å². The molecule has 1 rings (SSSR count). The minimum absolute atomic E-state index is 0.135. The number of amides is 1. The Kier molecular flexibility index (Phi) is 4.93. The molecule has 0 fully saturated rings. The van der Waals surface area contributed by atoms with E-state index in [4.69, 9.17) is 16.2 Å². The van der Waals surface area contributed by atoms with Crippen molar-refractivity contribution >= 4 is 17.4 Å². The average molecular weight is 262 g/mol. The lowest BCUT2D eigenvalue weighted by atomic mass is 10.2. The number of rotatable bonds is 4. The number of ether oxygens (including phenoxy) is 1. The molecule has 0 bridgehead atoms. The number of hydrogen-bond acceptors (Lipinski definition) is 4. The molecule has 6 nitrogen and oxygen atoms in total. The maximum Gasteiger partial charge on any atom is 0.253 e. The summed E-state index contributed by atoms with van der Waals surface area (Å²) < 4.78 is 5.17. The topological polar surface area (TPSA) is 103 Å². The monoisotopic (exact) mass is 262 g/mol. The van der Waals surface area contributed by atoms with Crippen LogP contribution >= 0.6 is 0 Å². The Morgan fingerprint density at radius 2 is 2.16 bits per heavy atom. The quantitative estimate of drug-likeness (QED) is 0.423. The predicted molar refractivity (Wildman–Crippen MR) is 76.2 cm³/mol. The minimum Gasteiger partial charge on any atom is -0.496 e. The zero-order chi connectivity index (χ0) is 14.4. The van der Waals surface area contributed by atoms with Crippen LogP contribution in [0.3, 0.4) is 0 Å². The van der Waals surface area contributed by atoms with Crippen molar-refractivity contribution < 1.29 is 9.53 Å². The van der Waals surface area contributed by atoms with Crippen LogP contribution in [0.4, 0.5) is 5.69 Å². The number of hydrogen-bond donors (Lipinski definition) is 3. The average Bonchev–Trinajstić information content (AvgIpc) is 2.38. The fourth-order valence-electron chi connectivity index (χ4n) is 1.61. The van der Waals surface area contributed by atoms with Crippen LogP contribution in [0.5, 0.6) is 5.75 Å². The smallest absolute Gasteiger partial charge is 0.253 e. The third kappa shape index (κ3) is 3.48. The fourth-order valence-corrected chi connectivity index (χ4v) is 1.61. The van der Waals surface area contributed by atoms with Crippen LogP contribution < -0.4 is 21.5 Å². The zero-order valence-electron chi connectivity index (χ0n) is 11.2. The first kappa shape index (κ1) is 14.6. The van der Waals surface area contributed by atoms with Crippen molar-refractivity contribution in [1.82, 2.24) is 0 Å². The molecule has 0 aliphatic heterocycles. The number of anilines is 1. The SMILES string of the molecule is CN=C(Nc1ccc(OC)c(C)c1)/C(=C\N)C(N)=O. The molecule has 102 valence electrons. The first-order valence-electron chi connectivity index (χ1n) is 5.64. The second-order valence-corrected chi connectivity index (χ2v) is 3.83. The number of nitrogens with one attached hydrogen (secondary N) is 1. The highest BCUT2D eigenvalue weighted by atomic mass is 16.5. The van der Waals surface area contributed by atoms with Gasteiger partial charge in [0.15, 0.2) is 0 Å². The Labute approximate surface area is 112 Å². The van der Waals surface area contributed by atoms with E-state index in [9.17, 15) is 4.79 Å². The Hall–Kier alpha value is -2.50. The van der Waals surface area contributed by atoms with Crippen molar-refractivity contribution in [2.75, 3.05) is 19.5 Å². The standard InChI is InChI=1S/C13H18N4O2/c1-8-6-9(4-5-11(8)19-3)17-13(16-2)10(7-14)12(15)18/h4-7H,14H2,1-3H3,(H2,15,18)(H,16,17)/b10-7-. The van der Waals surface area contributed by atoms with Gasteiger partial charge in [-0.1, -0.05) is 0 Å². The number of aryl methyl sites for hydroxylation is 1. The van der Waals surface area contributed by atoms with Gasteiger partial charge in [0, 0.05) is 18.9 Å². The number of aliphatic imine (C=N–C) groups is 1. The fraction of sp³-hybridized carbons (Fsp3) is 0.231. The normalized spacial score (nSPS) is 12.2. The predicted octanol–water partition coefficient (Wildman–Crippen LogP) is 0.772. The lowest BCUT2D eigenvalue weighted by Gasteiger charge is -2.12. The molecule has 1 aromatic carbocycles. The molecule has 0 radical (unpaired) electrons. The van der Waals surface area contributed by atoms with E-state index in [0.717, 1.165) is 23.2 Å². The van der Waals surface area contributed by atoms with Crippen LogP contribution in [-0.2, 0) is 4.79 Å². The van der Waals surface area contributed by atoms with Gasteiger partial charge in [-0.05, 0) is 30.7 Å². The molecule has 19 heavy (non-hydrogen) atoms. The summed E-state index contributed by atoms with van der Waals surface area (Å²) in [6.07, 6.45) is 1.13. The van der Waals surface area contributed by atoms with Gasteiger partial charge >= 0.3 is 0 Å².